The largest absolute Gasteiger partial charge is 0.392 e. The molecule has 0 aromatic carbocycles. The lowest BCUT2D eigenvalue weighted by atomic mass is 10.2. The monoisotopic (exact) mass is 215 g/mol. The summed E-state index contributed by atoms with van der Waals surface area (Å²) >= 11 is 0. The summed E-state index contributed by atoms with van der Waals surface area (Å²) in [5, 5.41) is 12.4. The van der Waals surface area contributed by atoms with E-state index < -0.39 is 0 Å². The Morgan fingerprint density at radius 2 is 2.00 bits per heavy atom. The van der Waals surface area contributed by atoms with Gasteiger partial charge in [-0.2, -0.15) is 0 Å². The Morgan fingerprint density at radius 3 is 2.53 bits per heavy atom. The van der Waals surface area contributed by atoms with E-state index in [2.05, 4.69) is 5.16 Å². The average molecular weight is 215 g/mol. The molecule has 4 heteroatoms. The number of nitrogens with zero attached hydrogens (tertiary/aromatic N) is 1. The third-order valence-electron chi connectivity index (χ3n) is 1.27. The van der Waals surface area contributed by atoms with Crippen molar-refractivity contribution in [3.8, 4) is 0 Å². The minimum Gasteiger partial charge on any atom is -0.392 e. The molecule has 15 heavy (non-hydrogen) atoms. The maximum atomic E-state index is 8.46. The highest BCUT2D eigenvalue weighted by Gasteiger charge is 2.09. The molecule has 4 nitrogen and oxygen atoms in total. The fraction of sp³-hybridized carbons (Fsp3) is 0.727. The number of oxime groups is 1. The molecule has 0 heterocycles. The van der Waals surface area contributed by atoms with Crippen LogP contribution in [0.4, 0.5) is 0 Å². The first-order valence-corrected chi connectivity index (χ1v) is 5.01. The number of hydrogen-bond donors (Lipinski definition) is 1. The van der Waals surface area contributed by atoms with Gasteiger partial charge < -0.3 is 14.7 Å². The summed E-state index contributed by atoms with van der Waals surface area (Å²) in [5.41, 5.74) is 0.528. The van der Waals surface area contributed by atoms with Crippen molar-refractivity contribution in [1.29, 1.82) is 0 Å². The van der Waals surface area contributed by atoms with E-state index in [1.54, 1.807) is 12.2 Å². The molecule has 0 aliphatic carbocycles. The van der Waals surface area contributed by atoms with E-state index in [1.165, 1.54) is 0 Å². The lowest BCUT2D eigenvalue weighted by Gasteiger charge is -2.16. The highest BCUT2D eigenvalue weighted by Crippen LogP contribution is 2.06. The van der Waals surface area contributed by atoms with Crippen molar-refractivity contribution in [2.75, 3.05) is 19.8 Å². The van der Waals surface area contributed by atoms with E-state index in [-0.39, 0.29) is 12.2 Å². The van der Waals surface area contributed by atoms with Crippen molar-refractivity contribution in [2.24, 2.45) is 5.16 Å². The van der Waals surface area contributed by atoms with Crippen molar-refractivity contribution in [2.45, 2.75) is 33.3 Å². The van der Waals surface area contributed by atoms with Gasteiger partial charge in [0.15, 0.2) is 0 Å². The molecular formula is C11H21NO3. The predicted octanol–water partition coefficient (Wildman–Crippen LogP) is 1.74. The maximum Gasteiger partial charge on any atom is 0.129 e. The fourth-order valence-corrected chi connectivity index (χ4v) is 0.658. The third kappa shape index (κ3) is 11.1. The predicted molar refractivity (Wildman–Crippen MR) is 61.0 cm³/mol. The van der Waals surface area contributed by atoms with Crippen molar-refractivity contribution in [3.05, 3.63) is 12.2 Å². The zero-order valence-electron chi connectivity index (χ0n) is 9.99. The SMILES string of the molecule is C/C(COC/C=C/CO)=N\OC(C)(C)C. The van der Waals surface area contributed by atoms with E-state index in [0.717, 1.165) is 5.71 Å². The fourth-order valence-electron chi connectivity index (χ4n) is 0.658. The van der Waals surface area contributed by atoms with Crippen LogP contribution in [0.3, 0.4) is 0 Å². The Hall–Kier alpha value is -0.870. The molecule has 0 fully saturated rings. The quantitative estimate of drug-likeness (QED) is 0.318. The zero-order valence-corrected chi connectivity index (χ0v) is 9.99. The van der Waals surface area contributed by atoms with Gasteiger partial charge in [0.05, 0.1) is 25.5 Å². The summed E-state index contributed by atoms with van der Waals surface area (Å²) in [6, 6.07) is 0. The van der Waals surface area contributed by atoms with Gasteiger partial charge in [-0.05, 0) is 27.7 Å². The number of aliphatic hydroxyl groups is 1. The van der Waals surface area contributed by atoms with Gasteiger partial charge in [0.25, 0.3) is 0 Å². The van der Waals surface area contributed by atoms with Gasteiger partial charge in [0.1, 0.15) is 5.60 Å². The first-order chi connectivity index (χ1) is 6.95. The highest BCUT2D eigenvalue weighted by atomic mass is 16.6. The minimum absolute atomic E-state index is 0.0452. The molecule has 0 spiro atoms. The molecule has 0 rings (SSSR count). The van der Waals surface area contributed by atoms with E-state index in [9.17, 15) is 0 Å². The Balaban J connectivity index is 3.64. The van der Waals surface area contributed by atoms with Crippen LogP contribution in [0.15, 0.2) is 17.3 Å². The molecule has 0 radical (unpaired) electrons. The standard InChI is InChI=1S/C11H21NO3/c1-10(12-15-11(2,3)4)9-14-8-6-5-7-13/h5-6,13H,7-9H2,1-4H3/b6-5+,12-10+. The number of aliphatic hydroxyl groups excluding tert-OH is 1. The Kier molecular flexibility index (Phi) is 6.99. The third-order valence-corrected chi connectivity index (χ3v) is 1.27. The Bertz CT molecular complexity index is 216. The molecule has 0 saturated heterocycles. The van der Waals surface area contributed by atoms with Gasteiger partial charge >= 0.3 is 0 Å². The summed E-state index contributed by atoms with van der Waals surface area (Å²) in [6.45, 7) is 8.62. The van der Waals surface area contributed by atoms with Gasteiger partial charge in [0.2, 0.25) is 0 Å². The van der Waals surface area contributed by atoms with Gasteiger partial charge in [-0.3, -0.25) is 0 Å². The van der Waals surface area contributed by atoms with Crippen LogP contribution in [0.1, 0.15) is 27.7 Å². The molecule has 0 aliphatic heterocycles. The van der Waals surface area contributed by atoms with E-state index >= 15 is 0 Å². The van der Waals surface area contributed by atoms with Crippen LogP contribution >= 0.6 is 0 Å². The maximum absolute atomic E-state index is 8.46. The second-order valence-corrected chi connectivity index (χ2v) is 4.20. The first-order valence-electron chi connectivity index (χ1n) is 5.01. The topological polar surface area (TPSA) is 51.0 Å². The Labute approximate surface area is 91.6 Å². The summed E-state index contributed by atoms with van der Waals surface area (Å²) in [4.78, 5) is 5.22. The van der Waals surface area contributed by atoms with Crippen LogP contribution in [0, 0.1) is 0 Å². The van der Waals surface area contributed by atoms with Gasteiger partial charge in [-0.15, -0.1) is 0 Å². The molecule has 0 saturated carbocycles. The minimum atomic E-state index is -0.266. The van der Waals surface area contributed by atoms with E-state index in [1.807, 2.05) is 27.7 Å². The summed E-state index contributed by atoms with van der Waals surface area (Å²) in [7, 11) is 0. The molecule has 1 N–H and O–H groups in total. The van der Waals surface area contributed by atoms with Crippen molar-refractivity contribution < 1.29 is 14.7 Å². The summed E-state index contributed by atoms with van der Waals surface area (Å²) < 4.78 is 5.25. The van der Waals surface area contributed by atoms with Crippen LogP contribution in [-0.4, -0.2) is 36.2 Å². The van der Waals surface area contributed by atoms with Gasteiger partial charge in [-0.25, -0.2) is 0 Å². The second kappa shape index (κ2) is 7.43. The van der Waals surface area contributed by atoms with Crippen molar-refractivity contribution >= 4 is 5.71 Å². The van der Waals surface area contributed by atoms with Crippen molar-refractivity contribution in [1.82, 2.24) is 0 Å². The Morgan fingerprint density at radius 1 is 1.33 bits per heavy atom. The number of hydrogen-bond acceptors (Lipinski definition) is 4. The molecular weight excluding hydrogens is 194 g/mol. The summed E-state index contributed by atoms with van der Waals surface area (Å²) in [6.07, 6.45) is 3.40. The smallest absolute Gasteiger partial charge is 0.129 e. The lowest BCUT2D eigenvalue weighted by Crippen LogP contribution is -2.17. The van der Waals surface area contributed by atoms with Crippen LogP contribution in [0.5, 0.6) is 0 Å². The highest BCUT2D eigenvalue weighted by molar-refractivity contribution is 5.82. The molecule has 88 valence electrons. The van der Waals surface area contributed by atoms with Crippen molar-refractivity contribution in [3.63, 3.8) is 0 Å². The lowest BCUT2D eigenvalue weighted by molar-refractivity contribution is -0.000463. The van der Waals surface area contributed by atoms with Crippen LogP contribution < -0.4 is 0 Å². The van der Waals surface area contributed by atoms with Gasteiger partial charge in [-0.1, -0.05) is 17.3 Å². The average Bonchev–Trinajstić information content (AvgIpc) is 2.13. The molecule has 0 aromatic rings. The van der Waals surface area contributed by atoms with E-state index in [4.69, 9.17) is 14.7 Å². The molecule has 0 aliphatic rings. The number of rotatable bonds is 6. The molecule has 0 aromatic heterocycles. The number of ether oxygens (including phenoxy) is 1. The normalized spacial score (nSPS) is 13.5. The van der Waals surface area contributed by atoms with Crippen LogP contribution in [0.2, 0.25) is 0 Å². The van der Waals surface area contributed by atoms with Crippen LogP contribution in [-0.2, 0) is 9.57 Å². The first kappa shape index (κ1) is 14.1. The molecule has 0 amide bonds. The van der Waals surface area contributed by atoms with Gasteiger partial charge in [0, 0.05) is 0 Å². The molecule has 0 unspecified atom stereocenters. The summed E-state index contributed by atoms with van der Waals surface area (Å²) in [5.74, 6) is 0. The van der Waals surface area contributed by atoms with E-state index in [0.29, 0.717) is 13.2 Å². The van der Waals surface area contributed by atoms with Crippen LogP contribution in [0.25, 0.3) is 0 Å². The zero-order chi connectivity index (χ0) is 11.7. The molecule has 0 atom stereocenters. The molecule has 0 bridgehead atoms. The second-order valence-electron chi connectivity index (χ2n) is 4.20.